The summed E-state index contributed by atoms with van der Waals surface area (Å²) in [6.45, 7) is 4.34. The molecule has 0 saturated heterocycles. The van der Waals surface area contributed by atoms with Gasteiger partial charge in [0.2, 0.25) is 5.78 Å². The van der Waals surface area contributed by atoms with Gasteiger partial charge in [0.05, 0.1) is 17.9 Å². The molecule has 5 rings (SSSR count). The van der Waals surface area contributed by atoms with Crippen LogP contribution in [-0.2, 0) is 0 Å². The lowest BCUT2D eigenvalue weighted by atomic mass is 10.0. The van der Waals surface area contributed by atoms with E-state index in [1.54, 1.807) is 29.0 Å². The fourth-order valence-electron chi connectivity index (χ4n) is 3.85. The van der Waals surface area contributed by atoms with Gasteiger partial charge in [-0.1, -0.05) is 36.8 Å². The van der Waals surface area contributed by atoms with Crippen molar-refractivity contribution in [2.24, 2.45) is 0 Å². The van der Waals surface area contributed by atoms with Crippen LogP contribution in [0.5, 0.6) is 11.5 Å². The SMILES string of the molecule is CCCOc1ccc(-c2nn(-c3ccccc3)cc2/C=C2\Oc3ccc(C)cc3C2=O)cc1F. The Kier molecular flexibility index (Phi) is 5.72. The molecule has 1 aliphatic heterocycles. The van der Waals surface area contributed by atoms with Gasteiger partial charge in [0.25, 0.3) is 0 Å². The highest BCUT2D eigenvalue weighted by atomic mass is 19.1. The van der Waals surface area contributed by atoms with Crippen molar-refractivity contribution in [3.63, 3.8) is 0 Å². The van der Waals surface area contributed by atoms with Crippen LogP contribution in [0.2, 0.25) is 0 Å². The molecule has 0 atom stereocenters. The van der Waals surface area contributed by atoms with E-state index in [1.165, 1.54) is 6.07 Å². The first-order valence-corrected chi connectivity index (χ1v) is 11.2. The molecule has 1 aliphatic rings. The van der Waals surface area contributed by atoms with Crippen LogP contribution in [0.3, 0.4) is 0 Å². The monoisotopic (exact) mass is 454 g/mol. The number of benzene rings is 3. The number of fused-ring (bicyclic) bond motifs is 1. The molecule has 2 heterocycles. The minimum Gasteiger partial charge on any atom is -0.491 e. The Morgan fingerprint density at radius 3 is 2.68 bits per heavy atom. The predicted molar refractivity (Wildman–Crippen MR) is 129 cm³/mol. The van der Waals surface area contributed by atoms with Gasteiger partial charge in [0.15, 0.2) is 17.3 Å². The highest BCUT2D eigenvalue weighted by Gasteiger charge is 2.28. The maximum atomic E-state index is 14.8. The van der Waals surface area contributed by atoms with E-state index in [1.807, 2.05) is 62.5 Å². The molecule has 34 heavy (non-hydrogen) atoms. The second kappa shape index (κ2) is 8.98. The number of allylic oxidation sites excluding steroid dienone is 1. The molecular weight excluding hydrogens is 431 g/mol. The van der Waals surface area contributed by atoms with E-state index in [-0.39, 0.29) is 17.3 Å². The zero-order chi connectivity index (χ0) is 23.7. The van der Waals surface area contributed by atoms with Crippen LogP contribution in [0.15, 0.2) is 78.7 Å². The van der Waals surface area contributed by atoms with Gasteiger partial charge in [-0.25, -0.2) is 9.07 Å². The molecule has 0 bridgehead atoms. The second-order valence-corrected chi connectivity index (χ2v) is 8.15. The van der Waals surface area contributed by atoms with Crippen LogP contribution in [0.25, 0.3) is 23.0 Å². The molecule has 0 saturated carbocycles. The van der Waals surface area contributed by atoms with E-state index < -0.39 is 5.82 Å². The van der Waals surface area contributed by atoms with Crippen LogP contribution in [0.4, 0.5) is 4.39 Å². The summed E-state index contributed by atoms with van der Waals surface area (Å²) in [7, 11) is 0. The maximum Gasteiger partial charge on any atom is 0.231 e. The van der Waals surface area contributed by atoms with Gasteiger partial charge in [-0.05, 0) is 61.9 Å². The molecule has 0 aliphatic carbocycles. The van der Waals surface area contributed by atoms with Gasteiger partial charge in [-0.2, -0.15) is 5.10 Å². The summed E-state index contributed by atoms with van der Waals surface area (Å²) in [5.41, 5.74) is 4.09. The highest BCUT2D eigenvalue weighted by Crippen LogP contribution is 2.35. The van der Waals surface area contributed by atoms with Crippen molar-refractivity contribution < 1.29 is 18.7 Å². The van der Waals surface area contributed by atoms with Crippen molar-refractivity contribution >= 4 is 11.9 Å². The number of para-hydroxylation sites is 1. The molecule has 6 heteroatoms. The third-order valence-corrected chi connectivity index (χ3v) is 5.54. The molecule has 0 amide bonds. The third kappa shape index (κ3) is 4.10. The second-order valence-electron chi connectivity index (χ2n) is 8.15. The number of Topliss-reactive ketones (excluding diaryl/α,β-unsaturated/α-hetero) is 1. The van der Waals surface area contributed by atoms with E-state index in [0.717, 1.165) is 17.7 Å². The first-order valence-electron chi connectivity index (χ1n) is 11.2. The van der Waals surface area contributed by atoms with Gasteiger partial charge in [-0.15, -0.1) is 0 Å². The van der Waals surface area contributed by atoms with E-state index in [0.29, 0.717) is 34.7 Å². The topological polar surface area (TPSA) is 53.4 Å². The number of aromatic nitrogens is 2. The smallest absolute Gasteiger partial charge is 0.231 e. The van der Waals surface area contributed by atoms with Crippen molar-refractivity contribution in [2.45, 2.75) is 20.3 Å². The number of aryl methyl sites for hydroxylation is 1. The standard InChI is InChI=1S/C28H23FN2O3/c1-3-13-33-25-12-10-19(15-23(25)29)27-20(17-31(30-27)21-7-5-4-6-8-21)16-26-28(32)22-14-18(2)9-11-24(22)34-26/h4-12,14-17H,3,13H2,1-2H3/b26-16-. The lowest BCUT2D eigenvalue weighted by molar-refractivity contribution is 0.101. The van der Waals surface area contributed by atoms with Crippen molar-refractivity contribution in [3.05, 3.63) is 101 Å². The number of rotatable bonds is 6. The van der Waals surface area contributed by atoms with Crippen LogP contribution in [-0.4, -0.2) is 22.2 Å². The largest absolute Gasteiger partial charge is 0.491 e. The minimum atomic E-state index is -0.463. The van der Waals surface area contributed by atoms with Crippen molar-refractivity contribution in [3.8, 4) is 28.4 Å². The molecule has 0 spiro atoms. The molecule has 170 valence electrons. The molecule has 0 fully saturated rings. The normalized spacial score (nSPS) is 13.7. The Labute approximate surface area is 197 Å². The number of nitrogens with zero attached hydrogens (tertiary/aromatic N) is 2. The van der Waals surface area contributed by atoms with Gasteiger partial charge in [0.1, 0.15) is 11.4 Å². The summed E-state index contributed by atoms with van der Waals surface area (Å²) >= 11 is 0. The number of carbonyl (C=O) groups is 1. The molecule has 0 radical (unpaired) electrons. The summed E-state index contributed by atoms with van der Waals surface area (Å²) in [6.07, 6.45) is 4.26. The highest BCUT2D eigenvalue weighted by molar-refractivity contribution is 6.14. The predicted octanol–water partition coefficient (Wildman–Crippen LogP) is 6.39. The Balaban J connectivity index is 1.58. The Morgan fingerprint density at radius 1 is 1.09 bits per heavy atom. The molecule has 4 aromatic rings. The summed E-state index contributed by atoms with van der Waals surface area (Å²) in [6, 6.07) is 19.9. The molecule has 3 aromatic carbocycles. The van der Waals surface area contributed by atoms with Crippen LogP contribution >= 0.6 is 0 Å². The van der Waals surface area contributed by atoms with Crippen LogP contribution in [0.1, 0.15) is 34.8 Å². The van der Waals surface area contributed by atoms with Crippen molar-refractivity contribution in [2.75, 3.05) is 6.61 Å². The first-order chi connectivity index (χ1) is 16.5. The average molecular weight is 455 g/mol. The van der Waals surface area contributed by atoms with Gasteiger partial charge in [-0.3, -0.25) is 4.79 Å². The van der Waals surface area contributed by atoms with Crippen LogP contribution in [0, 0.1) is 12.7 Å². The lowest BCUT2D eigenvalue weighted by Crippen LogP contribution is -1.99. The van der Waals surface area contributed by atoms with E-state index >= 15 is 0 Å². The van der Waals surface area contributed by atoms with Gasteiger partial charge < -0.3 is 9.47 Å². The first kappa shape index (κ1) is 21.6. The summed E-state index contributed by atoms with van der Waals surface area (Å²) in [4.78, 5) is 13.0. The fourth-order valence-corrected chi connectivity index (χ4v) is 3.85. The van der Waals surface area contributed by atoms with Crippen molar-refractivity contribution in [1.82, 2.24) is 9.78 Å². The zero-order valence-corrected chi connectivity index (χ0v) is 18.9. The fraction of sp³-hybridized carbons (Fsp3) is 0.143. The number of carbonyl (C=O) groups excluding carboxylic acids is 1. The third-order valence-electron chi connectivity index (χ3n) is 5.54. The quantitative estimate of drug-likeness (QED) is 0.317. The number of hydrogen-bond acceptors (Lipinski definition) is 4. The lowest BCUT2D eigenvalue weighted by Gasteiger charge is -2.07. The Hall–Kier alpha value is -4.19. The minimum absolute atomic E-state index is 0.188. The number of hydrogen-bond donors (Lipinski definition) is 0. The zero-order valence-electron chi connectivity index (χ0n) is 18.9. The number of halogens is 1. The van der Waals surface area contributed by atoms with Gasteiger partial charge in [0, 0.05) is 17.3 Å². The Bertz CT molecular complexity index is 1410. The maximum absolute atomic E-state index is 14.8. The number of ketones is 1. The van der Waals surface area contributed by atoms with E-state index in [2.05, 4.69) is 0 Å². The molecule has 1 aromatic heterocycles. The average Bonchev–Trinajstić information content (AvgIpc) is 3.40. The van der Waals surface area contributed by atoms with Crippen molar-refractivity contribution in [1.29, 1.82) is 0 Å². The number of ether oxygens (including phenoxy) is 2. The van der Waals surface area contributed by atoms with Gasteiger partial charge >= 0.3 is 0 Å². The summed E-state index contributed by atoms with van der Waals surface area (Å²) < 4.78 is 27.8. The molecule has 0 unspecified atom stereocenters. The van der Waals surface area contributed by atoms with Crippen LogP contribution < -0.4 is 9.47 Å². The summed E-state index contributed by atoms with van der Waals surface area (Å²) in [5, 5.41) is 4.71. The van der Waals surface area contributed by atoms with E-state index in [4.69, 9.17) is 14.6 Å². The van der Waals surface area contributed by atoms with E-state index in [9.17, 15) is 9.18 Å². The molecule has 0 N–H and O–H groups in total. The molecular formula is C28H23FN2O3. The molecule has 5 nitrogen and oxygen atoms in total. The Morgan fingerprint density at radius 2 is 1.91 bits per heavy atom. The summed E-state index contributed by atoms with van der Waals surface area (Å²) in [5.74, 6) is 0.287.